The molecule has 0 saturated carbocycles. The number of phenols is 1. The number of benzene rings is 1. The van der Waals surface area contributed by atoms with Crippen LogP contribution in [0.3, 0.4) is 0 Å². The first-order valence-electron chi connectivity index (χ1n) is 4.82. The molecular formula is C10H13BrN4O2. The predicted molar refractivity (Wildman–Crippen MR) is 70.4 cm³/mol. The van der Waals surface area contributed by atoms with Gasteiger partial charge in [0, 0.05) is 5.56 Å². The first-order valence-corrected chi connectivity index (χ1v) is 5.61. The summed E-state index contributed by atoms with van der Waals surface area (Å²) in [4.78, 5) is 0. The van der Waals surface area contributed by atoms with E-state index in [2.05, 4.69) is 26.1 Å². The lowest BCUT2D eigenvalue weighted by Crippen LogP contribution is -2.21. The van der Waals surface area contributed by atoms with Crippen molar-refractivity contribution in [1.82, 2.24) is 0 Å². The molecule has 0 aliphatic heterocycles. The summed E-state index contributed by atoms with van der Waals surface area (Å²) in [5, 5.41) is 17.0. The number of guanidine groups is 1. The molecule has 17 heavy (non-hydrogen) atoms. The number of nitrogens with two attached hydrogens (primary N) is 2. The van der Waals surface area contributed by atoms with Gasteiger partial charge < -0.3 is 21.3 Å². The van der Waals surface area contributed by atoms with Crippen LogP contribution in [0.4, 0.5) is 0 Å². The second-order valence-electron chi connectivity index (χ2n) is 3.02. The zero-order valence-electron chi connectivity index (χ0n) is 9.22. The second kappa shape index (κ2) is 6.09. The largest absolute Gasteiger partial charge is 0.504 e. The molecule has 0 radical (unpaired) electrons. The van der Waals surface area contributed by atoms with E-state index < -0.39 is 0 Å². The highest BCUT2D eigenvalue weighted by Gasteiger charge is 2.10. The third-order valence-corrected chi connectivity index (χ3v) is 2.40. The topological polar surface area (TPSA) is 106 Å². The van der Waals surface area contributed by atoms with Gasteiger partial charge in [-0.2, -0.15) is 5.10 Å². The maximum absolute atomic E-state index is 9.91. The van der Waals surface area contributed by atoms with Gasteiger partial charge in [-0.15, -0.1) is 5.10 Å². The Morgan fingerprint density at radius 3 is 2.82 bits per heavy atom. The van der Waals surface area contributed by atoms with Gasteiger partial charge in [-0.25, -0.2) is 0 Å². The number of hydrogen-bond acceptors (Lipinski definition) is 4. The molecule has 5 N–H and O–H groups in total. The summed E-state index contributed by atoms with van der Waals surface area (Å²) in [5.74, 6) is 0.194. The van der Waals surface area contributed by atoms with E-state index in [-0.39, 0.29) is 11.7 Å². The maximum atomic E-state index is 9.91. The molecule has 7 heteroatoms. The first kappa shape index (κ1) is 13.3. The number of ether oxygens (including phenoxy) is 1. The van der Waals surface area contributed by atoms with Crippen molar-refractivity contribution < 1.29 is 9.84 Å². The molecule has 1 aromatic carbocycles. The summed E-state index contributed by atoms with van der Waals surface area (Å²) in [5.41, 5.74) is 10.7. The molecule has 0 spiro atoms. The van der Waals surface area contributed by atoms with Gasteiger partial charge in [0.05, 0.1) is 17.3 Å². The Bertz CT molecular complexity index is 456. The van der Waals surface area contributed by atoms with Gasteiger partial charge in [0.1, 0.15) is 0 Å². The fourth-order valence-corrected chi connectivity index (χ4v) is 1.54. The molecule has 0 aliphatic carbocycles. The molecule has 0 aliphatic rings. The molecule has 0 aromatic heterocycles. The Morgan fingerprint density at radius 1 is 1.53 bits per heavy atom. The normalized spacial score (nSPS) is 10.5. The molecule has 6 nitrogen and oxygen atoms in total. The average molecular weight is 301 g/mol. The Kier molecular flexibility index (Phi) is 4.77. The van der Waals surface area contributed by atoms with Gasteiger partial charge in [0.25, 0.3) is 0 Å². The zero-order chi connectivity index (χ0) is 12.8. The Labute approximate surface area is 107 Å². The highest BCUT2D eigenvalue weighted by atomic mass is 79.9. The molecule has 1 aromatic rings. The summed E-state index contributed by atoms with van der Waals surface area (Å²) >= 11 is 3.28. The van der Waals surface area contributed by atoms with Crippen molar-refractivity contribution >= 4 is 28.1 Å². The molecule has 0 unspecified atom stereocenters. The van der Waals surface area contributed by atoms with Gasteiger partial charge in [0.2, 0.25) is 5.96 Å². The van der Waals surface area contributed by atoms with Gasteiger partial charge in [-0.3, -0.25) is 0 Å². The van der Waals surface area contributed by atoms with Crippen molar-refractivity contribution in [2.75, 3.05) is 6.61 Å². The van der Waals surface area contributed by atoms with Crippen LogP contribution in [0.5, 0.6) is 11.5 Å². The van der Waals surface area contributed by atoms with E-state index in [1.54, 1.807) is 12.1 Å². The minimum atomic E-state index is -0.150. The van der Waals surface area contributed by atoms with Crippen LogP contribution in [-0.4, -0.2) is 23.9 Å². The lowest BCUT2D eigenvalue weighted by molar-refractivity contribution is 0.316. The highest BCUT2D eigenvalue weighted by molar-refractivity contribution is 9.10. The van der Waals surface area contributed by atoms with E-state index in [0.717, 1.165) is 0 Å². The van der Waals surface area contributed by atoms with E-state index in [1.165, 1.54) is 6.21 Å². The van der Waals surface area contributed by atoms with Crippen LogP contribution in [0.15, 0.2) is 26.8 Å². The molecule has 0 saturated heterocycles. The lowest BCUT2D eigenvalue weighted by atomic mass is 10.2. The Morgan fingerprint density at radius 2 is 2.24 bits per heavy atom. The van der Waals surface area contributed by atoms with Crippen LogP contribution in [0.25, 0.3) is 0 Å². The number of phenolic OH excluding ortho intramolecular Hbond substituents is 1. The van der Waals surface area contributed by atoms with Crippen molar-refractivity contribution in [3.8, 4) is 11.5 Å². The van der Waals surface area contributed by atoms with Crippen LogP contribution >= 0.6 is 15.9 Å². The number of aromatic hydroxyl groups is 1. The standard InChI is InChI=1S/C10H13BrN4O2/c1-2-17-9-7(11)4-3-6(8(9)16)5-14-15-10(12)13/h3-5,16H,2H2,1H3,(H4,12,13,15)/b14-5+. The third-order valence-electron chi connectivity index (χ3n) is 1.77. The summed E-state index contributed by atoms with van der Waals surface area (Å²) < 4.78 is 5.95. The molecule has 0 heterocycles. The maximum Gasteiger partial charge on any atom is 0.211 e. The fourth-order valence-electron chi connectivity index (χ4n) is 1.11. The molecule has 0 fully saturated rings. The molecule has 0 bridgehead atoms. The summed E-state index contributed by atoms with van der Waals surface area (Å²) in [6.45, 7) is 2.27. The SMILES string of the molecule is CCOc1c(Br)ccc(/C=N/N=C(N)N)c1O. The molecule has 1 rings (SSSR count). The van der Waals surface area contributed by atoms with Crippen LogP contribution in [0.1, 0.15) is 12.5 Å². The smallest absolute Gasteiger partial charge is 0.211 e. The molecular weight excluding hydrogens is 288 g/mol. The van der Waals surface area contributed by atoms with Crippen molar-refractivity contribution in [2.45, 2.75) is 6.92 Å². The van der Waals surface area contributed by atoms with Crippen molar-refractivity contribution in [1.29, 1.82) is 0 Å². The molecule has 0 atom stereocenters. The summed E-state index contributed by atoms with van der Waals surface area (Å²) in [7, 11) is 0. The number of rotatable bonds is 4. The van der Waals surface area contributed by atoms with E-state index in [9.17, 15) is 5.11 Å². The first-order chi connectivity index (χ1) is 8.06. The average Bonchev–Trinajstić information content (AvgIpc) is 2.27. The quantitative estimate of drug-likeness (QED) is 0.441. The van der Waals surface area contributed by atoms with E-state index >= 15 is 0 Å². The zero-order valence-corrected chi connectivity index (χ0v) is 10.8. The van der Waals surface area contributed by atoms with Crippen LogP contribution in [-0.2, 0) is 0 Å². The van der Waals surface area contributed by atoms with Crippen molar-refractivity contribution in [3.05, 3.63) is 22.2 Å². The van der Waals surface area contributed by atoms with Gasteiger partial charge >= 0.3 is 0 Å². The number of halogens is 1. The van der Waals surface area contributed by atoms with Gasteiger partial charge in [0.15, 0.2) is 11.5 Å². The van der Waals surface area contributed by atoms with E-state index in [1.807, 2.05) is 6.92 Å². The minimum Gasteiger partial charge on any atom is -0.504 e. The minimum absolute atomic E-state index is 0.0178. The van der Waals surface area contributed by atoms with Crippen LogP contribution in [0.2, 0.25) is 0 Å². The Hall–Kier alpha value is -1.76. The monoisotopic (exact) mass is 300 g/mol. The third kappa shape index (κ3) is 3.63. The van der Waals surface area contributed by atoms with Gasteiger partial charge in [-0.05, 0) is 35.0 Å². The molecule has 92 valence electrons. The fraction of sp³-hybridized carbons (Fsp3) is 0.200. The summed E-state index contributed by atoms with van der Waals surface area (Å²) in [6.07, 6.45) is 1.34. The van der Waals surface area contributed by atoms with Crippen molar-refractivity contribution in [3.63, 3.8) is 0 Å². The summed E-state index contributed by atoms with van der Waals surface area (Å²) in [6, 6.07) is 3.40. The van der Waals surface area contributed by atoms with E-state index in [4.69, 9.17) is 16.2 Å². The van der Waals surface area contributed by atoms with E-state index in [0.29, 0.717) is 22.4 Å². The van der Waals surface area contributed by atoms with Crippen molar-refractivity contribution in [2.24, 2.45) is 21.7 Å². The Balaban J connectivity index is 3.06. The van der Waals surface area contributed by atoms with Crippen LogP contribution in [0, 0.1) is 0 Å². The highest BCUT2D eigenvalue weighted by Crippen LogP contribution is 2.36. The van der Waals surface area contributed by atoms with Crippen LogP contribution < -0.4 is 16.2 Å². The molecule has 0 amide bonds. The number of nitrogens with zero attached hydrogens (tertiary/aromatic N) is 2. The van der Waals surface area contributed by atoms with Gasteiger partial charge in [-0.1, -0.05) is 0 Å². The lowest BCUT2D eigenvalue weighted by Gasteiger charge is -2.09. The number of hydrogen-bond donors (Lipinski definition) is 3. The predicted octanol–water partition coefficient (Wildman–Crippen LogP) is 1.16. The second-order valence-corrected chi connectivity index (χ2v) is 3.87.